The van der Waals surface area contributed by atoms with Crippen LogP contribution in [0.25, 0.3) is 10.9 Å². The highest BCUT2D eigenvalue weighted by Crippen LogP contribution is 2.38. The Morgan fingerprint density at radius 3 is 2.37 bits per heavy atom. The summed E-state index contributed by atoms with van der Waals surface area (Å²) in [6, 6.07) is 14.7. The van der Waals surface area contributed by atoms with Crippen molar-refractivity contribution in [2.75, 3.05) is 5.32 Å². The second kappa shape index (κ2) is 7.90. The average molecular weight is 408 g/mol. The number of hydrogen-bond donors (Lipinski definition) is 1. The third-order valence-electron chi connectivity index (χ3n) is 4.73. The Bertz CT molecular complexity index is 1180. The van der Waals surface area contributed by atoms with Crippen LogP contribution in [-0.2, 0) is 6.18 Å². The molecule has 0 fully saturated rings. The van der Waals surface area contributed by atoms with Crippen molar-refractivity contribution in [3.05, 3.63) is 101 Å². The second-order valence-electron chi connectivity index (χ2n) is 6.61. The second-order valence-corrected chi connectivity index (χ2v) is 6.61. The van der Waals surface area contributed by atoms with Gasteiger partial charge in [-0.25, -0.2) is 0 Å². The maximum Gasteiger partial charge on any atom is 0.416 e. The molecule has 0 saturated carbocycles. The largest absolute Gasteiger partial charge is 0.416 e. The van der Waals surface area contributed by atoms with Gasteiger partial charge in [0.2, 0.25) is 0 Å². The minimum absolute atomic E-state index is 0.134. The Morgan fingerprint density at radius 1 is 0.933 bits per heavy atom. The van der Waals surface area contributed by atoms with Gasteiger partial charge in [-0.3, -0.25) is 9.97 Å². The molecule has 0 bridgehead atoms. The molecule has 0 aliphatic rings. The van der Waals surface area contributed by atoms with E-state index in [1.165, 1.54) is 12.1 Å². The fourth-order valence-corrected chi connectivity index (χ4v) is 3.29. The van der Waals surface area contributed by atoms with Crippen LogP contribution in [0, 0.1) is 4.91 Å². The quantitative estimate of drug-likeness (QED) is 0.397. The summed E-state index contributed by atoms with van der Waals surface area (Å²) in [7, 11) is 0. The topological polar surface area (TPSA) is 67.2 Å². The molecule has 0 aliphatic heterocycles. The van der Waals surface area contributed by atoms with Gasteiger partial charge in [0.05, 0.1) is 22.8 Å². The minimum atomic E-state index is -4.44. The molecule has 0 saturated heterocycles. The van der Waals surface area contributed by atoms with E-state index >= 15 is 0 Å². The first-order chi connectivity index (χ1) is 14.5. The molecule has 4 aromatic rings. The first kappa shape index (κ1) is 19.5. The molecule has 1 N–H and O–H groups in total. The predicted octanol–water partition coefficient (Wildman–Crippen LogP) is 6.25. The molecule has 8 heteroatoms. The summed E-state index contributed by atoms with van der Waals surface area (Å²) in [4.78, 5) is 20.1. The molecule has 1 unspecified atom stereocenters. The van der Waals surface area contributed by atoms with E-state index < -0.39 is 17.8 Å². The van der Waals surface area contributed by atoms with Gasteiger partial charge in [-0.2, -0.15) is 13.2 Å². The molecule has 1 atom stereocenters. The minimum Gasteiger partial charge on any atom is -0.373 e. The Labute approximate surface area is 169 Å². The van der Waals surface area contributed by atoms with Gasteiger partial charge in [0.1, 0.15) is 5.69 Å². The smallest absolute Gasteiger partial charge is 0.373 e. The van der Waals surface area contributed by atoms with Crippen molar-refractivity contribution in [3.8, 4) is 0 Å². The zero-order chi connectivity index (χ0) is 21.1. The molecule has 2 heterocycles. The summed E-state index contributed by atoms with van der Waals surface area (Å²) in [5.41, 5.74) is 1.48. The van der Waals surface area contributed by atoms with Crippen LogP contribution in [0.15, 0.2) is 84.4 Å². The number of nitroso groups, excluding NO2 is 1. The van der Waals surface area contributed by atoms with Crippen LogP contribution >= 0.6 is 0 Å². The lowest BCUT2D eigenvalue weighted by Crippen LogP contribution is -2.14. The Hall–Kier alpha value is -3.81. The number of alkyl halides is 3. The molecule has 0 spiro atoms. The lowest BCUT2D eigenvalue weighted by molar-refractivity contribution is -0.137. The number of fused-ring (bicyclic) bond motifs is 1. The number of hydrogen-bond acceptors (Lipinski definition) is 5. The highest BCUT2D eigenvalue weighted by atomic mass is 19.4. The normalized spacial score (nSPS) is 12.5. The maximum atomic E-state index is 13.0. The van der Waals surface area contributed by atoms with Crippen molar-refractivity contribution >= 4 is 22.3 Å². The molecule has 2 aromatic carbocycles. The first-order valence-corrected chi connectivity index (χ1v) is 9.02. The number of benzene rings is 2. The van der Waals surface area contributed by atoms with Crippen molar-refractivity contribution in [1.82, 2.24) is 9.97 Å². The zero-order valence-electron chi connectivity index (χ0n) is 15.5. The number of pyridine rings is 2. The molecule has 4 rings (SSSR count). The van der Waals surface area contributed by atoms with Crippen LogP contribution in [-0.4, -0.2) is 9.97 Å². The number of anilines is 1. The average Bonchev–Trinajstić information content (AvgIpc) is 2.77. The van der Waals surface area contributed by atoms with Crippen LogP contribution in [0.3, 0.4) is 0 Å². The number of rotatable bonds is 5. The number of aromatic nitrogens is 2. The Kier molecular flexibility index (Phi) is 5.14. The van der Waals surface area contributed by atoms with E-state index in [1.54, 1.807) is 48.9 Å². The fraction of sp³-hybridized carbons (Fsp3) is 0.0909. The van der Waals surface area contributed by atoms with E-state index in [9.17, 15) is 18.1 Å². The van der Waals surface area contributed by atoms with E-state index in [0.29, 0.717) is 22.3 Å². The van der Waals surface area contributed by atoms with E-state index in [4.69, 9.17) is 0 Å². The van der Waals surface area contributed by atoms with Gasteiger partial charge >= 0.3 is 6.18 Å². The summed E-state index contributed by atoms with van der Waals surface area (Å²) in [6.07, 6.45) is 0.316. The van der Waals surface area contributed by atoms with Gasteiger partial charge in [-0.15, -0.1) is 4.91 Å². The fourth-order valence-electron chi connectivity index (χ4n) is 3.29. The van der Waals surface area contributed by atoms with E-state index in [2.05, 4.69) is 20.5 Å². The molecule has 0 aliphatic carbocycles. The van der Waals surface area contributed by atoms with Crippen molar-refractivity contribution in [2.24, 2.45) is 5.18 Å². The van der Waals surface area contributed by atoms with Gasteiger partial charge in [-0.05, 0) is 41.1 Å². The summed E-state index contributed by atoms with van der Waals surface area (Å²) in [5.74, 6) is 0. The molecule has 5 nitrogen and oxygen atoms in total. The van der Waals surface area contributed by atoms with Crippen LogP contribution in [0.4, 0.5) is 24.5 Å². The van der Waals surface area contributed by atoms with E-state index in [-0.39, 0.29) is 5.69 Å². The molecule has 0 amide bonds. The third kappa shape index (κ3) is 3.84. The standard InChI is InChI=1S/C22H15F3N4O/c23-22(24,25)16-8-5-15(6-9-16)19(28-17-4-2-11-26-13-17)18-10-7-14-3-1-12-27-20(14)21(18)29-30/h1-13,19,28H. The SMILES string of the molecule is O=Nc1c(C(Nc2cccnc2)c2ccc(C(F)(F)F)cc2)ccc2cccnc12. The lowest BCUT2D eigenvalue weighted by atomic mass is 9.94. The lowest BCUT2D eigenvalue weighted by Gasteiger charge is -2.22. The van der Waals surface area contributed by atoms with Gasteiger partial charge in [-0.1, -0.05) is 30.3 Å². The highest BCUT2D eigenvalue weighted by Gasteiger charge is 2.30. The maximum absolute atomic E-state index is 13.0. The molecular weight excluding hydrogens is 393 g/mol. The van der Waals surface area contributed by atoms with E-state index in [1.807, 2.05) is 6.07 Å². The summed E-state index contributed by atoms with van der Waals surface area (Å²) in [5, 5.41) is 7.17. The van der Waals surface area contributed by atoms with Crippen molar-refractivity contribution in [1.29, 1.82) is 0 Å². The van der Waals surface area contributed by atoms with Gasteiger partial charge < -0.3 is 5.32 Å². The Morgan fingerprint density at radius 2 is 1.70 bits per heavy atom. The molecule has 0 radical (unpaired) electrons. The van der Waals surface area contributed by atoms with Crippen LogP contribution in [0.5, 0.6) is 0 Å². The first-order valence-electron chi connectivity index (χ1n) is 9.02. The third-order valence-corrected chi connectivity index (χ3v) is 4.73. The highest BCUT2D eigenvalue weighted by molar-refractivity contribution is 5.91. The van der Waals surface area contributed by atoms with Crippen LogP contribution < -0.4 is 5.32 Å². The predicted molar refractivity (Wildman–Crippen MR) is 108 cm³/mol. The summed E-state index contributed by atoms with van der Waals surface area (Å²) < 4.78 is 39.0. The van der Waals surface area contributed by atoms with Crippen molar-refractivity contribution in [2.45, 2.75) is 12.2 Å². The molecule has 2 aromatic heterocycles. The van der Waals surface area contributed by atoms with Gasteiger partial charge in [0, 0.05) is 29.5 Å². The summed E-state index contributed by atoms with van der Waals surface area (Å²) in [6.45, 7) is 0. The molecule has 30 heavy (non-hydrogen) atoms. The number of halogens is 3. The molecular formula is C22H15F3N4O. The van der Waals surface area contributed by atoms with Crippen molar-refractivity contribution < 1.29 is 13.2 Å². The summed E-state index contributed by atoms with van der Waals surface area (Å²) >= 11 is 0. The van der Waals surface area contributed by atoms with Crippen LogP contribution in [0.1, 0.15) is 22.7 Å². The number of nitrogens with one attached hydrogen (secondary N) is 1. The van der Waals surface area contributed by atoms with E-state index in [0.717, 1.165) is 17.5 Å². The van der Waals surface area contributed by atoms with Gasteiger partial charge in [0.15, 0.2) is 0 Å². The monoisotopic (exact) mass is 408 g/mol. The van der Waals surface area contributed by atoms with Crippen LogP contribution in [0.2, 0.25) is 0 Å². The van der Waals surface area contributed by atoms with Crippen molar-refractivity contribution in [3.63, 3.8) is 0 Å². The molecule has 150 valence electrons. The number of nitrogens with zero attached hydrogens (tertiary/aromatic N) is 3. The van der Waals surface area contributed by atoms with Gasteiger partial charge in [0.25, 0.3) is 0 Å². The zero-order valence-corrected chi connectivity index (χ0v) is 15.5. The Balaban J connectivity index is 1.86.